The van der Waals surface area contributed by atoms with Gasteiger partial charge in [-0.3, -0.25) is 0 Å². The van der Waals surface area contributed by atoms with Gasteiger partial charge in [0, 0.05) is 93.6 Å². The van der Waals surface area contributed by atoms with E-state index in [1.165, 1.54) is 0 Å². The highest BCUT2D eigenvalue weighted by atomic mass is 15.1. The maximum atomic E-state index is 5.55. The molecule has 2 aliphatic heterocycles. The normalized spacial score (nSPS) is 22.4. The van der Waals surface area contributed by atoms with Gasteiger partial charge >= 0.3 is 0 Å². The molecule has 2 saturated heterocycles. The summed E-state index contributed by atoms with van der Waals surface area (Å²) < 4.78 is 0. The Morgan fingerprint density at radius 3 is 0.929 bits per heavy atom. The van der Waals surface area contributed by atoms with Crippen LogP contribution in [0.15, 0.2) is 0 Å². The third-order valence-electron chi connectivity index (χ3n) is 8.20. The van der Waals surface area contributed by atoms with Crippen LogP contribution in [0.5, 0.6) is 0 Å². The lowest BCUT2D eigenvalue weighted by atomic mass is 9.98. The van der Waals surface area contributed by atoms with E-state index in [1.807, 2.05) is 34.6 Å². The van der Waals surface area contributed by atoms with Gasteiger partial charge in [0.25, 0.3) is 0 Å². The lowest BCUT2D eigenvalue weighted by Gasteiger charge is -2.26. The van der Waals surface area contributed by atoms with Crippen LogP contribution in [0.2, 0.25) is 0 Å². The minimum absolute atomic E-state index is 0. The van der Waals surface area contributed by atoms with Gasteiger partial charge in [0.05, 0.1) is 0 Å². The number of nitrogens with one attached hydrogen (secondary N) is 4. The van der Waals surface area contributed by atoms with E-state index in [0.717, 1.165) is 84.3 Å². The van der Waals surface area contributed by atoms with Crippen LogP contribution >= 0.6 is 0 Å². The van der Waals surface area contributed by atoms with Crippen LogP contribution in [-0.4, -0.2) is 113 Å². The first-order valence-electron chi connectivity index (χ1n) is 20.8. The summed E-state index contributed by atoms with van der Waals surface area (Å²) in [5.41, 5.74) is 53.3. The fourth-order valence-corrected chi connectivity index (χ4v) is 4.33. The minimum atomic E-state index is 0. The fourth-order valence-electron chi connectivity index (χ4n) is 4.33. The van der Waals surface area contributed by atoms with Gasteiger partial charge in [-0.05, 0) is 132 Å². The van der Waals surface area contributed by atoms with Gasteiger partial charge in [0.15, 0.2) is 0 Å². The van der Waals surface area contributed by atoms with E-state index in [0.29, 0.717) is 73.1 Å². The van der Waals surface area contributed by atoms with Crippen molar-refractivity contribution in [2.45, 2.75) is 176 Å². The van der Waals surface area contributed by atoms with E-state index in [2.05, 4.69) is 69.7 Å². The molecule has 0 radical (unpaired) electrons. The predicted molar refractivity (Wildman–Crippen MR) is 256 cm³/mol. The SMILES string of the molecule is CC(CN)CC(C)CN.CC(N)CCC(C)CN.CC(N)CCCC(C)N.CC(N)CN.CC(N)CN.CC1CNC(C)CN1.CC1CNCC(C)N1.N.[NH4+].[NH4+]. The molecule has 2 aliphatic rings. The quantitative estimate of drug-likeness (QED) is 0.118. The fraction of sp³-hybridized carbons (Fsp3) is 1.00. The van der Waals surface area contributed by atoms with E-state index < -0.39 is 0 Å². The second kappa shape index (κ2) is 52.3. The molecule has 0 aliphatic carbocycles. The Labute approximate surface area is 349 Å². The third kappa shape index (κ3) is 74.3. The summed E-state index contributed by atoms with van der Waals surface area (Å²) in [6.45, 7) is 33.1. The molecule has 56 heavy (non-hydrogen) atoms. The van der Waals surface area contributed by atoms with Crippen molar-refractivity contribution in [2.24, 2.45) is 75.1 Å². The highest BCUT2D eigenvalue weighted by Crippen LogP contribution is 2.08. The van der Waals surface area contributed by atoms with Crippen LogP contribution in [0, 0.1) is 17.8 Å². The first-order chi connectivity index (χ1) is 24.6. The molecule has 17 nitrogen and oxygen atoms in total. The molecule has 0 amide bonds. The molecule has 352 valence electrons. The van der Waals surface area contributed by atoms with E-state index >= 15 is 0 Å². The van der Waals surface area contributed by atoms with E-state index in [1.54, 1.807) is 0 Å². The summed E-state index contributed by atoms with van der Waals surface area (Å²) in [4.78, 5) is 0. The predicted octanol–water partition coefficient (Wildman–Crippen LogP) is 1.54. The lowest BCUT2D eigenvalue weighted by molar-refractivity contribution is 0.370. The average molecular weight is 820 g/mol. The maximum Gasteiger partial charge on any atom is 0.0167 e. The molecule has 0 aromatic heterocycles. The van der Waals surface area contributed by atoms with Crippen LogP contribution in [-0.2, 0) is 0 Å². The molecule has 12 atom stereocenters. The zero-order valence-electron chi connectivity index (χ0n) is 40.0. The van der Waals surface area contributed by atoms with Gasteiger partial charge in [0.1, 0.15) is 0 Å². The van der Waals surface area contributed by atoms with Gasteiger partial charge in [-0.1, -0.05) is 27.2 Å². The molecule has 0 aromatic rings. The van der Waals surface area contributed by atoms with Gasteiger partial charge in [-0.25, -0.2) is 0 Å². The monoisotopic (exact) mass is 820 g/mol. The molecule has 17 heteroatoms. The summed E-state index contributed by atoms with van der Waals surface area (Å²) in [6, 6.07) is 3.95. The van der Waals surface area contributed by atoms with Crippen molar-refractivity contribution < 1.29 is 0 Å². The second-order valence-corrected chi connectivity index (χ2v) is 16.4. The van der Waals surface area contributed by atoms with Crippen molar-refractivity contribution >= 4 is 0 Å². The van der Waals surface area contributed by atoms with Crippen molar-refractivity contribution in [3.05, 3.63) is 0 Å². The molecule has 0 spiro atoms. The molecule has 2 fully saturated rings. The molecule has 0 saturated carbocycles. The first-order valence-corrected chi connectivity index (χ1v) is 20.8. The van der Waals surface area contributed by atoms with Crippen molar-refractivity contribution in [2.75, 3.05) is 58.9 Å². The molecular weight excluding hydrogens is 707 g/mol. The molecule has 2 rings (SSSR count). The minimum Gasteiger partial charge on any atom is -0.369 e. The zero-order valence-corrected chi connectivity index (χ0v) is 40.0. The molecule has 2 heterocycles. The highest BCUT2D eigenvalue weighted by Gasteiger charge is 2.12. The topological polar surface area (TPSA) is 416 Å². The first kappa shape index (κ1) is 72.9. The molecule has 12 unspecified atom stereocenters. The number of piperazine rings is 2. The maximum absolute atomic E-state index is 5.55. The largest absolute Gasteiger partial charge is 0.369 e. The Morgan fingerprint density at radius 2 is 0.732 bits per heavy atom. The van der Waals surface area contributed by atoms with Gasteiger partial charge in [0.2, 0.25) is 0 Å². The zero-order chi connectivity index (χ0) is 42.4. The Kier molecular flexibility index (Phi) is 68.1. The lowest BCUT2D eigenvalue weighted by Crippen LogP contribution is -2.52. The van der Waals surface area contributed by atoms with Gasteiger partial charge in [-0.15, -0.1) is 0 Å². The molecule has 0 aromatic carbocycles. The Hall–Kier alpha value is -0.680. The summed E-state index contributed by atoms with van der Waals surface area (Å²) in [5.74, 6) is 1.89. The molecule has 35 N–H and O–H groups in total. The van der Waals surface area contributed by atoms with Gasteiger partial charge < -0.3 is 97.1 Å². The number of hydrogen-bond acceptors (Lipinski definition) is 15. The Morgan fingerprint density at radius 1 is 0.429 bits per heavy atom. The van der Waals surface area contributed by atoms with Gasteiger partial charge in [-0.2, -0.15) is 0 Å². The number of quaternary nitrogens is 2. The smallest absolute Gasteiger partial charge is 0.0167 e. The second-order valence-electron chi connectivity index (χ2n) is 16.4. The van der Waals surface area contributed by atoms with Crippen molar-refractivity contribution in [3.8, 4) is 0 Å². The summed E-state index contributed by atoms with van der Waals surface area (Å²) >= 11 is 0. The standard InChI is InChI=1S/3C7H18N2.2C6H14N2.2C3H10N2.3H3N/c1-6(4-8)3-7(2)5-9;1-6(5-8)3-4-7(2)9;1-6(8)4-3-5-7(2)9;1-5-3-8-6(2)4-7-5;1-5-3-7-4-6(2)8-5;2*1-3(5)2-4;;;/h3*6-7H,3-5,8-9H2,1-2H3;2*5-8H,3-4H2,1-2H3;2*3H,2,4-5H2,1H3;3*1H3/p+2. The summed E-state index contributed by atoms with van der Waals surface area (Å²) in [6.07, 6.45) is 6.78. The number of nitrogens with two attached hydrogens (primary N) is 10. The molecular formula is C39H113N17+2. The van der Waals surface area contributed by atoms with E-state index in [4.69, 9.17) is 57.3 Å². The number of hydrogen-bond donors (Lipinski definition) is 17. The highest BCUT2D eigenvalue weighted by molar-refractivity contribution is 4.77. The van der Waals surface area contributed by atoms with Crippen LogP contribution in [0.25, 0.3) is 0 Å². The van der Waals surface area contributed by atoms with Crippen LogP contribution < -0.4 is 97.1 Å². The molecule has 0 bridgehead atoms. The average Bonchev–Trinajstić information content (AvgIpc) is 3.09. The van der Waals surface area contributed by atoms with Crippen molar-refractivity contribution in [3.63, 3.8) is 0 Å². The van der Waals surface area contributed by atoms with Crippen molar-refractivity contribution in [1.82, 2.24) is 39.7 Å². The van der Waals surface area contributed by atoms with E-state index in [-0.39, 0.29) is 30.5 Å². The summed E-state index contributed by atoms with van der Waals surface area (Å²) in [5, 5.41) is 13.5. The third-order valence-corrected chi connectivity index (χ3v) is 8.20. The van der Waals surface area contributed by atoms with Crippen LogP contribution in [0.4, 0.5) is 0 Å². The summed E-state index contributed by atoms with van der Waals surface area (Å²) in [7, 11) is 0. The van der Waals surface area contributed by atoms with Crippen molar-refractivity contribution in [1.29, 1.82) is 0 Å². The Bertz CT molecular complexity index is 626. The van der Waals surface area contributed by atoms with E-state index in [9.17, 15) is 0 Å². The van der Waals surface area contributed by atoms with Crippen LogP contribution in [0.1, 0.15) is 122 Å². The Balaban J connectivity index is -0.0000000801. The van der Waals surface area contributed by atoms with Crippen LogP contribution in [0.3, 0.4) is 0 Å². The number of rotatable bonds is 14.